The topological polar surface area (TPSA) is 12.5 Å². The van der Waals surface area contributed by atoms with Crippen LogP contribution < -0.4 is 5.06 Å². The van der Waals surface area contributed by atoms with Crippen molar-refractivity contribution in [2.45, 2.75) is 32.6 Å². The second-order valence-electron chi connectivity index (χ2n) is 5.58. The Bertz CT molecular complexity index is 551. The maximum atomic E-state index is 5.94. The summed E-state index contributed by atoms with van der Waals surface area (Å²) < 4.78 is 0. The van der Waals surface area contributed by atoms with Crippen molar-refractivity contribution in [1.29, 1.82) is 0 Å². The Morgan fingerprint density at radius 2 is 1.61 bits per heavy atom. The zero-order valence-corrected chi connectivity index (χ0v) is 14.0. The van der Waals surface area contributed by atoms with Crippen molar-refractivity contribution in [3.63, 3.8) is 0 Å². The standard InChI is InChI=1S/C21H27NO/c1-2-3-19-23-22(21-16-10-5-11-17-21)18-12-6-9-15-20-13-7-4-8-14-20/h4-5,7-11,13-17H,2-3,6,12,18-19H2,1H3. The quantitative estimate of drug-likeness (QED) is 0.411. The zero-order valence-electron chi connectivity index (χ0n) is 14.0. The Morgan fingerprint density at radius 1 is 0.913 bits per heavy atom. The summed E-state index contributed by atoms with van der Waals surface area (Å²) in [6, 6.07) is 20.8. The molecule has 2 nitrogen and oxygen atoms in total. The molecule has 0 atom stereocenters. The van der Waals surface area contributed by atoms with Crippen LogP contribution in [0.25, 0.3) is 6.08 Å². The van der Waals surface area contributed by atoms with Gasteiger partial charge in [0, 0.05) is 6.54 Å². The number of allylic oxidation sites excluding steroid dienone is 1. The highest BCUT2D eigenvalue weighted by atomic mass is 16.7. The number of unbranched alkanes of at least 4 members (excludes halogenated alkanes) is 2. The average molecular weight is 309 g/mol. The Labute approximate surface area is 140 Å². The summed E-state index contributed by atoms with van der Waals surface area (Å²) in [6.45, 7) is 3.88. The average Bonchev–Trinajstić information content (AvgIpc) is 2.62. The summed E-state index contributed by atoms with van der Waals surface area (Å²) in [5.74, 6) is 0. The van der Waals surface area contributed by atoms with Crippen molar-refractivity contribution in [3.05, 3.63) is 72.3 Å². The lowest BCUT2D eigenvalue weighted by Crippen LogP contribution is -2.25. The second-order valence-corrected chi connectivity index (χ2v) is 5.58. The minimum atomic E-state index is 0.783. The SMILES string of the molecule is CCCCON(CCCC=Cc1ccccc1)c1ccccc1. The van der Waals surface area contributed by atoms with Gasteiger partial charge in [-0.3, -0.25) is 9.90 Å². The third-order valence-electron chi connectivity index (χ3n) is 3.63. The van der Waals surface area contributed by atoms with E-state index >= 15 is 0 Å². The lowest BCUT2D eigenvalue weighted by Gasteiger charge is -2.23. The molecule has 23 heavy (non-hydrogen) atoms. The second kappa shape index (κ2) is 10.6. The molecule has 0 aromatic heterocycles. The fourth-order valence-electron chi connectivity index (χ4n) is 2.32. The molecule has 0 N–H and O–H groups in total. The molecule has 2 rings (SSSR count). The van der Waals surface area contributed by atoms with Gasteiger partial charge in [0.1, 0.15) is 0 Å². The zero-order chi connectivity index (χ0) is 16.2. The van der Waals surface area contributed by atoms with Crippen molar-refractivity contribution in [2.75, 3.05) is 18.2 Å². The summed E-state index contributed by atoms with van der Waals surface area (Å²) in [6.07, 6.45) is 8.80. The Hall–Kier alpha value is -2.06. The van der Waals surface area contributed by atoms with E-state index in [0.29, 0.717) is 0 Å². The van der Waals surface area contributed by atoms with Crippen LogP contribution in [0.1, 0.15) is 38.2 Å². The number of nitrogens with zero attached hydrogens (tertiary/aromatic N) is 1. The first kappa shape index (κ1) is 17.3. The van der Waals surface area contributed by atoms with Crippen LogP contribution in [0, 0.1) is 0 Å². The van der Waals surface area contributed by atoms with Gasteiger partial charge in [0.2, 0.25) is 0 Å². The van der Waals surface area contributed by atoms with Crippen molar-refractivity contribution < 1.29 is 4.84 Å². The van der Waals surface area contributed by atoms with Crippen LogP contribution in [0.4, 0.5) is 5.69 Å². The van der Waals surface area contributed by atoms with Gasteiger partial charge in [-0.1, -0.05) is 74.0 Å². The largest absolute Gasteiger partial charge is 0.273 e. The molecule has 2 heteroatoms. The van der Waals surface area contributed by atoms with E-state index in [1.807, 2.05) is 17.2 Å². The van der Waals surface area contributed by atoms with E-state index in [9.17, 15) is 0 Å². The summed E-state index contributed by atoms with van der Waals surface area (Å²) in [5.41, 5.74) is 2.39. The summed E-state index contributed by atoms with van der Waals surface area (Å²) in [7, 11) is 0. The van der Waals surface area contributed by atoms with Gasteiger partial charge in [-0.05, 0) is 37.0 Å². The van der Waals surface area contributed by atoms with Crippen LogP contribution in [0.3, 0.4) is 0 Å². The molecule has 0 fully saturated rings. The fourth-order valence-corrected chi connectivity index (χ4v) is 2.32. The number of hydrogen-bond donors (Lipinski definition) is 0. The van der Waals surface area contributed by atoms with Gasteiger partial charge < -0.3 is 0 Å². The van der Waals surface area contributed by atoms with Crippen LogP contribution in [-0.4, -0.2) is 13.2 Å². The Balaban J connectivity index is 1.79. The molecule has 0 unspecified atom stereocenters. The lowest BCUT2D eigenvalue weighted by atomic mass is 10.2. The summed E-state index contributed by atoms with van der Waals surface area (Å²) in [4.78, 5) is 5.94. The molecule has 0 spiro atoms. The molecular formula is C21H27NO. The van der Waals surface area contributed by atoms with E-state index in [1.54, 1.807) is 0 Å². The van der Waals surface area contributed by atoms with E-state index in [1.165, 1.54) is 5.56 Å². The number of hydroxylamine groups is 1. The van der Waals surface area contributed by atoms with Gasteiger partial charge in [-0.2, -0.15) is 0 Å². The van der Waals surface area contributed by atoms with Crippen molar-refractivity contribution >= 4 is 11.8 Å². The summed E-state index contributed by atoms with van der Waals surface area (Å²) >= 11 is 0. The van der Waals surface area contributed by atoms with Crippen molar-refractivity contribution in [2.24, 2.45) is 0 Å². The van der Waals surface area contributed by atoms with Crippen LogP contribution in [0.15, 0.2) is 66.7 Å². The van der Waals surface area contributed by atoms with E-state index in [-0.39, 0.29) is 0 Å². The number of hydrogen-bond acceptors (Lipinski definition) is 2. The minimum absolute atomic E-state index is 0.783. The summed E-state index contributed by atoms with van der Waals surface area (Å²) in [5, 5.41) is 2.03. The first-order valence-corrected chi connectivity index (χ1v) is 8.57. The van der Waals surface area contributed by atoms with Gasteiger partial charge in [0.25, 0.3) is 0 Å². The van der Waals surface area contributed by atoms with Crippen LogP contribution >= 0.6 is 0 Å². The molecule has 2 aromatic rings. The van der Waals surface area contributed by atoms with Crippen molar-refractivity contribution in [1.82, 2.24) is 0 Å². The first-order valence-electron chi connectivity index (χ1n) is 8.57. The molecule has 0 saturated carbocycles. The van der Waals surface area contributed by atoms with Gasteiger partial charge >= 0.3 is 0 Å². The molecule has 0 bridgehead atoms. The van der Waals surface area contributed by atoms with Crippen LogP contribution in [0.2, 0.25) is 0 Å². The molecule has 0 aliphatic rings. The Kier molecular flexibility index (Phi) is 7.99. The molecule has 2 aromatic carbocycles. The smallest absolute Gasteiger partial charge is 0.0748 e. The van der Waals surface area contributed by atoms with E-state index in [2.05, 4.69) is 67.6 Å². The normalized spacial score (nSPS) is 11.0. The number of rotatable bonds is 10. The lowest BCUT2D eigenvalue weighted by molar-refractivity contribution is 0.105. The third kappa shape index (κ3) is 6.70. The highest BCUT2D eigenvalue weighted by molar-refractivity contribution is 5.48. The van der Waals surface area contributed by atoms with Gasteiger partial charge in [-0.25, -0.2) is 0 Å². The molecule has 0 aliphatic carbocycles. The Morgan fingerprint density at radius 3 is 2.30 bits per heavy atom. The van der Waals surface area contributed by atoms with E-state index < -0.39 is 0 Å². The molecule has 122 valence electrons. The van der Waals surface area contributed by atoms with Gasteiger partial charge in [0.05, 0.1) is 12.3 Å². The van der Waals surface area contributed by atoms with Gasteiger partial charge in [0.15, 0.2) is 0 Å². The van der Waals surface area contributed by atoms with Crippen LogP contribution in [0.5, 0.6) is 0 Å². The molecule has 0 saturated heterocycles. The molecular weight excluding hydrogens is 282 g/mol. The molecule has 0 aliphatic heterocycles. The maximum absolute atomic E-state index is 5.94. The molecule has 0 amide bonds. The fraction of sp³-hybridized carbons (Fsp3) is 0.333. The third-order valence-corrected chi connectivity index (χ3v) is 3.63. The minimum Gasteiger partial charge on any atom is -0.273 e. The maximum Gasteiger partial charge on any atom is 0.0748 e. The monoisotopic (exact) mass is 309 g/mol. The van der Waals surface area contributed by atoms with E-state index in [0.717, 1.165) is 44.5 Å². The van der Waals surface area contributed by atoms with E-state index in [4.69, 9.17) is 4.84 Å². The van der Waals surface area contributed by atoms with Crippen LogP contribution in [-0.2, 0) is 4.84 Å². The van der Waals surface area contributed by atoms with Gasteiger partial charge in [-0.15, -0.1) is 0 Å². The highest BCUT2D eigenvalue weighted by Crippen LogP contribution is 2.15. The number of benzene rings is 2. The number of anilines is 1. The van der Waals surface area contributed by atoms with Crippen molar-refractivity contribution in [3.8, 4) is 0 Å². The molecule has 0 radical (unpaired) electrons. The molecule has 0 heterocycles. The number of para-hydroxylation sites is 1. The first-order chi connectivity index (χ1) is 11.4. The predicted octanol–water partition coefficient (Wildman–Crippen LogP) is 5.72. The predicted molar refractivity (Wildman–Crippen MR) is 99.4 cm³/mol. The highest BCUT2D eigenvalue weighted by Gasteiger charge is 2.05.